The van der Waals surface area contributed by atoms with Crippen molar-refractivity contribution in [3.05, 3.63) is 35.7 Å². The first kappa shape index (κ1) is 10.5. The van der Waals surface area contributed by atoms with Crippen LogP contribution in [0.15, 0.2) is 22.9 Å². The van der Waals surface area contributed by atoms with Crippen LogP contribution < -0.4 is 5.73 Å². The summed E-state index contributed by atoms with van der Waals surface area (Å²) in [5.41, 5.74) is 6.97. The molecule has 0 aromatic carbocycles. The Morgan fingerprint density at radius 1 is 1.59 bits per heavy atom. The highest BCUT2D eigenvalue weighted by atomic mass is 16.5. The monoisotopic (exact) mass is 232 g/mol. The van der Waals surface area contributed by atoms with Crippen LogP contribution in [0.4, 0.5) is 0 Å². The second-order valence-corrected chi connectivity index (χ2v) is 4.67. The lowest BCUT2D eigenvalue weighted by molar-refractivity contribution is 0.364. The van der Waals surface area contributed by atoms with Gasteiger partial charge in [0.2, 0.25) is 5.89 Å². The highest BCUT2D eigenvalue weighted by Crippen LogP contribution is 2.38. The minimum absolute atomic E-state index is 0.0100. The highest BCUT2D eigenvalue weighted by molar-refractivity contribution is 5.12. The summed E-state index contributed by atoms with van der Waals surface area (Å²) < 4.78 is 7.30. The molecule has 0 amide bonds. The molecule has 1 atom stereocenters. The van der Waals surface area contributed by atoms with Crippen molar-refractivity contribution < 1.29 is 4.52 Å². The first-order chi connectivity index (χ1) is 8.24. The maximum absolute atomic E-state index is 5.89. The van der Waals surface area contributed by atoms with Crippen LogP contribution in [-0.2, 0) is 6.54 Å². The van der Waals surface area contributed by atoms with Crippen molar-refractivity contribution >= 4 is 0 Å². The van der Waals surface area contributed by atoms with Crippen molar-refractivity contribution in [2.24, 2.45) is 5.73 Å². The summed E-state index contributed by atoms with van der Waals surface area (Å²) in [5, 5.41) is 4.00. The zero-order valence-corrected chi connectivity index (χ0v) is 9.84. The summed E-state index contributed by atoms with van der Waals surface area (Å²) in [6.45, 7) is 2.57. The van der Waals surface area contributed by atoms with Gasteiger partial charge in [0.1, 0.15) is 6.54 Å². The van der Waals surface area contributed by atoms with Gasteiger partial charge < -0.3 is 14.8 Å². The average Bonchev–Trinajstić information content (AvgIpc) is 2.87. The zero-order chi connectivity index (χ0) is 11.8. The third-order valence-electron chi connectivity index (χ3n) is 3.06. The van der Waals surface area contributed by atoms with Crippen molar-refractivity contribution in [1.82, 2.24) is 14.7 Å². The Kier molecular flexibility index (Phi) is 2.48. The number of nitrogens with two attached hydrogens (primary N) is 1. The lowest BCUT2D eigenvalue weighted by Crippen LogP contribution is -2.12. The largest absolute Gasteiger partial charge is 0.341 e. The molecule has 1 unspecified atom stereocenters. The molecule has 2 aromatic rings. The standard InChI is InChI=1S/C12H16N4O/c1-8(13)10-3-2-6-16(10)7-11-14-12(15-17-11)9-4-5-9/h2-3,6,8-9H,4-5,7,13H2,1H3. The molecule has 3 rings (SSSR count). The molecule has 90 valence electrons. The van der Waals surface area contributed by atoms with Gasteiger partial charge in [-0.05, 0) is 31.9 Å². The molecule has 0 radical (unpaired) electrons. The lowest BCUT2D eigenvalue weighted by atomic mass is 10.2. The van der Waals surface area contributed by atoms with Gasteiger partial charge in [0.05, 0.1) is 0 Å². The van der Waals surface area contributed by atoms with Gasteiger partial charge in [-0.15, -0.1) is 0 Å². The molecule has 0 spiro atoms. The van der Waals surface area contributed by atoms with Crippen LogP contribution in [-0.4, -0.2) is 14.7 Å². The third kappa shape index (κ3) is 2.10. The summed E-state index contributed by atoms with van der Waals surface area (Å²) in [4.78, 5) is 4.41. The Morgan fingerprint density at radius 3 is 3.12 bits per heavy atom. The van der Waals surface area contributed by atoms with Crippen molar-refractivity contribution in [3.8, 4) is 0 Å². The van der Waals surface area contributed by atoms with E-state index >= 15 is 0 Å². The second-order valence-electron chi connectivity index (χ2n) is 4.67. The van der Waals surface area contributed by atoms with E-state index in [-0.39, 0.29) is 6.04 Å². The van der Waals surface area contributed by atoms with Gasteiger partial charge in [-0.1, -0.05) is 5.16 Å². The van der Waals surface area contributed by atoms with Gasteiger partial charge in [-0.25, -0.2) is 0 Å². The summed E-state index contributed by atoms with van der Waals surface area (Å²) in [7, 11) is 0. The van der Waals surface area contributed by atoms with E-state index in [1.807, 2.05) is 25.3 Å². The van der Waals surface area contributed by atoms with E-state index in [0.29, 0.717) is 18.4 Å². The molecule has 2 aromatic heterocycles. The van der Waals surface area contributed by atoms with Gasteiger partial charge in [0.15, 0.2) is 5.82 Å². The van der Waals surface area contributed by atoms with Crippen LogP contribution in [0.1, 0.15) is 49.1 Å². The highest BCUT2D eigenvalue weighted by Gasteiger charge is 2.28. The molecule has 2 N–H and O–H groups in total. The maximum atomic E-state index is 5.89. The van der Waals surface area contributed by atoms with Gasteiger partial charge >= 0.3 is 0 Å². The first-order valence-electron chi connectivity index (χ1n) is 5.97. The Bertz CT molecular complexity index is 510. The Labute approximate surface area is 99.6 Å². The van der Waals surface area contributed by atoms with E-state index in [1.165, 1.54) is 12.8 Å². The fourth-order valence-electron chi connectivity index (χ4n) is 1.97. The van der Waals surface area contributed by atoms with E-state index in [2.05, 4.69) is 14.7 Å². The van der Waals surface area contributed by atoms with E-state index < -0.39 is 0 Å². The molecular weight excluding hydrogens is 216 g/mol. The topological polar surface area (TPSA) is 69.9 Å². The summed E-state index contributed by atoms with van der Waals surface area (Å²) in [5.74, 6) is 2.05. The molecule has 0 saturated heterocycles. The van der Waals surface area contributed by atoms with Crippen molar-refractivity contribution in [2.45, 2.75) is 38.3 Å². The molecule has 0 bridgehead atoms. The Hall–Kier alpha value is -1.62. The van der Waals surface area contributed by atoms with Crippen molar-refractivity contribution in [1.29, 1.82) is 0 Å². The normalized spacial score (nSPS) is 17.3. The van der Waals surface area contributed by atoms with Crippen LogP contribution >= 0.6 is 0 Å². The summed E-state index contributed by atoms with van der Waals surface area (Å²) >= 11 is 0. The van der Waals surface area contributed by atoms with Crippen LogP contribution in [0.3, 0.4) is 0 Å². The molecular formula is C12H16N4O. The fourth-order valence-corrected chi connectivity index (χ4v) is 1.97. The molecule has 1 fully saturated rings. The maximum Gasteiger partial charge on any atom is 0.246 e. The average molecular weight is 232 g/mol. The molecule has 1 saturated carbocycles. The van der Waals surface area contributed by atoms with Crippen LogP contribution in [0, 0.1) is 0 Å². The van der Waals surface area contributed by atoms with Gasteiger partial charge in [-0.3, -0.25) is 0 Å². The summed E-state index contributed by atoms with van der Waals surface area (Å²) in [6.07, 6.45) is 4.36. The molecule has 5 heteroatoms. The van der Waals surface area contributed by atoms with Gasteiger partial charge in [-0.2, -0.15) is 4.98 Å². The first-order valence-corrected chi connectivity index (χ1v) is 5.97. The van der Waals surface area contributed by atoms with Crippen molar-refractivity contribution in [3.63, 3.8) is 0 Å². The molecule has 1 aliphatic rings. The van der Waals surface area contributed by atoms with Gasteiger partial charge in [0, 0.05) is 23.9 Å². The van der Waals surface area contributed by atoms with Crippen LogP contribution in [0.25, 0.3) is 0 Å². The molecule has 2 heterocycles. The SMILES string of the molecule is CC(N)c1cccn1Cc1nc(C2CC2)no1. The van der Waals surface area contributed by atoms with E-state index in [1.54, 1.807) is 0 Å². The second kappa shape index (κ2) is 4.00. The van der Waals surface area contributed by atoms with E-state index in [9.17, 15) is 0 Å². The minimum atomic E-state index is 0.0100. The number of hydrogen-bond acceptors (Lipinski definition) is 4. The Morgan fingerprint density at radius 2 is 2.41 bits per heavy atom. The fraction of sp³-hybridized carbons (Fsp3) is 0.500. The number of rotatable bonds is 4. The summed E-state index contributed by atoms with van der Waals surface area (Å²) in [6, 6.07) is 4.01. The molecule has 0 aliphatic heterocycles. The van der Waals surface area contributed by atoms with E-state index in [0.717, 1.165) is 11.5 Å². The van der Waals surface area contributed by atoms with Crippen molar-refractivity contribution in [2.75, 3.05) is 0 Å². The smallest absolute Gasteiger partial charge is 0.246 e. The number of aromatic nitrogens is 3. The predicted molar refractivity (Wildman–Crippen MR) is 62.4 cm³/mol. The van der Waals surface area contributed by atoms with Crippen LogP contribution in [0.2, 0.25) is 0 Å². The lowest BCUT2D eigenvalue weighted by Gasteiger charge is -2.09. The zero-order valence-electron chi connectivity index (χ0n) is 9.84. The molecule has 5 nitrogen and oxygen atoms in total. The quantitative estimate of drug-likeness (QED) is 0.872. The molecule has 17 heavy (non-hydrogen) atoms. The van der Waals surface area contributed by atoms with Gasteiger partial charge in [0.25, 0.3) is 0 Å². The third-order valence-corrected chi connectivity index (χ3v) is 3.06. The Balaban J connectivity index is 1.78. The number of nitrogens with zero attached hydrogens (tertiary/aromatic N) is 3. The minimum Gasteiger partial charge on any atom is -0.341 e. The predicted octanol–water partition coefficient (Wildman–Crippen LogP) is 1.82. The molecule has 1 aliphatic carbocycles. The van der Waals surface area contributed by atoms with E-state index in [4.69, 9.17) is 10.3 Å². The van der Waals surface area contributed by atoms with Crippen LogP contribution in [0.5, 0.6) is 0 Å². The number of hydrogen-bond donors (Lipinski definition) is 1.